The molecule has 0 radical (unpaired) electrons. The number of fused-ring (bicyclic) bond motifs is 1. The molecule has 0 bridgehead atoms. The summed E-state index contributed by atoms with van der Waals surface area (Å²) < 4.78 is 5.98. The second-order valence-corrected chi connectivity index (χ2v) is 7.11. The van der Waals surface area contributed by atoms with Crippen molar-refractivity contribution >= 4 is 29.9 Å². The monoisotopic (exact) mass is 488 g/mol. The Morgan fingerprint density at radius 1 is 1.33 bits per heavy atom. The second-order valence-electron chi connectivity index (χ2n) is 7.11. The zero-order valence-electron chi connectivity index (χ0n) is 16.1. The summed E-state index contributed by atoms with van der Waals surface area (Å²) in [5, 5.41) is 16.8. The number of hydrogen-bond donors (Lipinski definition) is 3. The quantitative estimate of drug-likeness (QED) is 0.312. The number of guanidine groups is 1. The lowest BCUT2D eigenvalue weighted by molar-refractivity contribution is -0.0432. The van der Waals surface area contributed by atoms with Crippen molar-refractivity contribution < 1.29 is 9.84 Å². The normalized spacial score (nSPS) is 24.0. The number of aliphatic hydroxyl groups excluding tert-OH is 1. The Balaban J connectivity index is 0.00000261. The van der Waals surface area contributed by atoms with Crippen LogP contribution in [0.15, 0.2) is 35.3 Å². The second kappa shape index (κ2) is 11.8. The molecule has 3 N–H and O–H groups in total. The molecule has 3 rings (SSSR count). The van der Waals surface area contributed by atoms with Crippen molar-refractivity contribution in [1.29, 1.82) is 0 Å². The van der Waals surface area contributed by atoms with Gasteiger partial charge in [-0.3, -0.25) is 9.89 Å². The standard InChI is InChI=1S/C20H32N4O2.HI/c1-2-21-20(22-11-10-19(25)16-7-4-3-5-8-16)23-13-18-14-24-12-6-9-17(24)15-26-18;/h3-5,7-8,17-19,25H,2,6,9-15H2,1H3,(H2,21,22,23);1H. The Bertz CT molecular complexity index is 572. The minimum Gasteiger partial charge on any atom is -0.388 e. The third-order valence-electron chi connectivity index (χ3n) is 5.15. The summed E-state index contributed by atoms with van der Waals surface area (Å²) in [7, 11) is 0. The number of hydrogen-bond acceptors (Lipinski definition) is 4. The van der Waals surface area contributed by atoms with E-state index in [9.17, 15) is 5.11 Å². The molecule has 2 heterocycles. The lowest BCUT2D eigenvalue weighted by atomic mass is 10.1. The fraction of sp³-hybridized carbons (Fsp3) is 0.650. The molecule has 6 nitrogen and oxygen atoms in total. The van der Waals surface area contributed by atoms with Crippen LogP contribution in [0.2, 0.25) is 0 Å². The predicted octanol–water partition coefficient (Wildman–Crippen LogP) is 2.15. The van der Waals surface area contributed by atoms with Crippen LogP contribution in [-0.4, -0.2) is 67.4 Å². The van der Waals surface area contributed by atoms with Crippen molar-refractivity contribution in [2.75, 3.05) is 39.3 Å². The molecular weight excluding hydrogens is 455 g/mol. The van der Waals surface area contributed by atoms with Gasteiger partial charge in [0, 0.05) is 25.7 Å². The number of halogens is 1. The number of benzene rings is 1. The van der Waals surface area contributed by atoms with Crippen molar-refractivity contribution in [3.63, 3.8) is 0 Å². The van der Waals surface area contributed by atoms with Gasteiger partial charge in [-0.2, -0.15) is 0 Å². The van der Waals surface area contributed by atoms with E-state index >= 15 is 0 Å². The fourth-order valence-corrected chi connectivity index (χ4v) is 3.70. The first-order valence-electron chi connectivity index (χ1n) is 9.87. The molecule has 3 unspecified atom stereocenters. The molecule has 7 heteroatoms. The van der Waals surface area contributed by atoms with Crippen molar-refractivity contribution in [1.82, 2.24) is 15.5 Å². The van der Waals surface area contributed by atoms with Gasteiger partial charge in [0.2, 0.25) is 0 Å². The van der Waals surface area contributed by atoms with Crippen LogP contribution in [0.3, 0.4) is 0 Å². The van der Waals surface area contributed by atoms with Crippen LogP contribution in [0.1, 0.15) is 37.9 Å². The average molecular weight is 488 g/mol. The fourth-order valence-electron chi connectivity index (χ4n) is 3.70. The maximum absolute atomic E-state index is 10.3. The van der Waals surface area contributed by atoms with E-state index in [0.29, 0.717) is 25.6 Å². The molecule has 27 heavy (non-hydrogen) atoms. The van der Waals surface area contributed by atoms with E-state index in [1.165, 1.54) is 19.4 Å². The van der Waals surface area contributed by atoms with Crippen LogP contribution in [0, 0.1) is 0 Å². The Morgan fingerprint density at radius 3 is 2.93 bits per heavy atom. The number of aliphatic imine (C=N–C) groups is 1. The minimum absolute atomic E-state index is 0. The lowest BCUT2D eigenvalue weighted by Gasteiger charge is -2.34. The Kier molecular flexibility index (Phi) is 9.81. The molecule has 2 aliphatic heterocycles. The molecule has 0 spiro atoms. The molecule has 0 aromatic heterocycles. The van der Waals surface area contributed by atoms with E-state index in [1.54, 1.807) is 0 Å². The summed E-state index contributed by atoms with van der Waals surface area (Å²) in [5.74, 6) is 0.792. The van der Waals surface area contributed by atoms with Crippen LogP contribution in [-0.2, 0) is 4.74 Å². The molecule has 2 fully saturated rings. The van der Waals surface area contributed by atoms with E-state index < -0.39 is 6.10 Å². The molecule has 152 valence electrons. The van der Waals surface area contributed by atoms with Gasteiger partial charge in [0.05, 0.1) is 25.4 Å². The third-order valence-corrected chi connectivity index (χ3v) is 5.15. The number of nitrogens with one attached hydrogen (secondary N) is 2. The first-order valence-corrected chi connectivity index (χ1v) is 9.87. The first-order chi connectivity index (χ1) is 12.8. The van der Waals surface area contributed by atoms with E-state index in [0.717, 1.165) is 31.2 Å². The van der Waals surface area contributed by atoms with Crippen molar-refractivity contribution in [2.45, 2.75) is 44.4 Å². The molecule has 0 aliphatic carbocycles. The zero-order chi connectivity index (χ0) is 18.2. The highest BCUT2D eigenvalue weighted by atomic mass is 127. The van der Waals surface area contributed by atoms with Gasteiger partial charge in [0.1, 0.15) is 0 Å². The van der Waals surface area contributed by atoms with E-state index in [4.69, 9.17) is 4.74 Å². The van der Waals surface area contributed by atoms with Crippen LogP contribution in [0.5, 0.6) is 0 Å². The van der Waals surface area contributed by atoms with Gasteiger partial charge in [0.15, 0.2) is 5.96 Å². The van der Waals surface area contributed by atoms with Gasteiger partial charge in [-0.15, -0.1) is 24.0 Å². The van der Waals surface area contributed by atoms with Crippen molar-refractivity contribution in [3.05, 3.63) is 35.9 Å². The number of nitrogens with zero attached hydrogens (tertiary/aromatic N) is 2. The minimum atomic E-state index is -0.458. The maximum Gasteiger partial charge on any atom is 0.191 e. The Labute approximate surface area is 179 Å². The van der Waals surface area contributed by atoms with Crippen LogP contribution in [0.25, 0.3) is 0 Å². The summed E-state index contributed by atoms with van der Waals surface area (Å²) in [5.41, 5.74) is 0.951. The van der Waals surface area contributed by atoms with Gasteiger partial charge >= 0.3 is 0 Å². The van der Waals surface area contributed by atoms with Crippen molar-refractivity contribution in [3.8, 4) is 0 Å². The van der Waals surface area contributed by atoms with Gasteiger partial charge in [0.25, 0.3) is 0 Å². The van der Waals surface area contributed by atoms with Crippen LogP contribution in [0.4, 0.5) is 0 Å². The summed E-state index contributed by atoms with van der Waals surface area (Å²) in [4.78, 5) is 7.22. The van der Waals surface area contributed by atoms with Gasteiger partial charge in [-0.25, -0.2) is 0 Å². The van der Waals surface area contributed by atoms with Gasteiger partial charge in [-0.1, -0.05) is 30.3 Å². The Hall–Kier alpha value is -0.900. The number of morpholine rings is 1. The molecule has 2 aliphatic rings. The number of aliphatic hydroxyl groups is 1. The lowest BCUT2D eigenvalue weighted by Crippen LogP contribution is -2.47. The molecular formula is C20H33IN4O2. The number of ether oxygens (including phenoxy) is 1. The summed E-state index contributed by atoms with van der Waals surface area (Å²) in [6.07, 6.45) is 2.92. The summed E-state index contributed by atoms with van der Waals surface area (Å²) >= 11 is 0. The highest BCUT2D eigenvalue weighted by molar-refractivity contribution is 14.0. The maximum atomic E-state index is 10.3. The zero-order valence-corrected chi connectivity index (χ0v) is 18.5. The van der Waals surface area contributed by atoms with E-state index in [2.05, 4.69) is 27.4 Å². The largest absolute Gasteiger partial charge is 0.388 e. The highest BCUT2D eigenvalue weighted by Crippen LogP contribution is 2.22. The molecule has 2 saturated heterocycles. The highest BCUT2D eigenvalue weighted by Gasteiger charge is 2.31. The van der Waals surface area contributed by atoms with Crippen molar-refractivity contribution in [2.24, 2.45) is 4.99 Å². The van der Waals surface area contributed by atoms with E-state index in [-0.39, 0.29) is 30.1 Å². The summed E-state index contributed by atoms with van der Waals surface area (Å²) in [6.45, 7) is 7.23. The van der Waals surface area contributed by atoms with Crippen LogP contribution >= 0.6 is 24.0 Å². The predicted molar refractivity (Wildman–Crippen MR) is 120 cm³/mol. The molecule has 1 aromatic carbocycles. The molecule has 0 saturated carbocycles. The average Bonchev–Trinajstić information content (AvgIpc) is 3.14. The Morgan fingerprint density at radius 2 is 2.15 bits per heavy atom. The smallest absolute Gasteiger partial charge is 0.191 e. The summed E-state index contributed by atoms with van der Waals surface area (Å²) in [6, 6.07) is 10.4. The molecule has 0 amide bonds. The van der Waals surface area contributed by atoms with Gasteiger partial charge in [-0.05, 0) is 38.3 Å². The SMILES string of the molecule is CCNC(=NCC1CN2CCCC2CO1)NCCC(O)c1ccccc1.I. The third kappa shape index (κ3) is 6.89. The van der Waals surface area contributed by atoms with Gasteiger partial charge < -0.3 is 20.5 Å². The topological polar surface area (TPSA) is 69.1 Å². The molecule has 1 aromatic rings. The molecule has 3 atom stereocenters. The number of rotatable bonds is 7. The van der Waals surface area contributed by atoms with Crippen LogP contribution < -0.4 is 10.6 Å². The first kappa shape index (κ1) is 22.4. The van der Waals surface area contributed by atoms with E-state index in [1.807, 2.05) is 30.3 Å².